The number of pyridine rings is 1. The molecule has 2 aliphatic heterocycles. The molecule has 180 valence electrons. The van der Waals surface area contributed by atoms with Crippen LogP contribution in [0.1, 0.15) is 59.3 Å². The first-order valence-electron chi connectivity index (χ1n) is 12.3. The number of benzene rings is 1. The maximum absolute atomic E-state index is 13.0. The fraction of sp³-hybridized carbons (Fsp3) is 0.429. The average molecular weight is 472 g/mol. The number of aromatic nitrogens is 1. The molecule has 7 nitrogen and oxygen atoms in total. The Morgan fingerprint density at radius 2 is 1.91 bits per heavy atom. The van der Waals surface area contributed by atoms with Crippen molar-refractivity contribution in [3.8, 4) is 18.1 Å². The lowest BCUT2D eigenvalue weighted by atomic mass is 9.92. The zero-order chi connectivity index (χ0) is 24.4. The number of nitrogens with zero attached hydrogens (tertiary/aromatic N) is 3. The quantitative estimate of drug-likeness (QED) is 0.476. The van der Waals surface area contributed by atoms with E-state index in [1.54, 1.807) is 11.0 Å². The third-order valence-corrected chi connectivity index (χ3v) is 7.33. The van der Waals surface area contributed by atoms with Crippen LogP contribution >= 0.6 is 0 Å². The Bertz CT molecular complexity index is 1180. The van der Waals surface area contributed by atoms with Gasteiger partial charge >= 0.3 is 0 Å². The molecule has 1 aromatic carbocycles. The average Bonchev–Trinajstić information content (AvgIpc) is 3.21. The van der Waals surface area contributed by atoms with Crippen LogP contribution in [0.15, 0.2) is 36.5 Å². The number of fused-ring (bicyclic) bond motifs is 1. The van der Waals surface area contributed by atoms with Crippen molar-refractivity contribution in [3.63, 3.8) is 0 Å². The van der Waals surface area contributed by atoms with Crippen molar-refractivity contribution in [2.75, 3.05) is 19.7 Å². The van der Waals surface area contributed by atoms with E-state index in [0.717, 1.165) is 49.4 Å². The van der Waals surface area contributed by atoms with Gasteiger partial charge in [-0.3, -0.25) is 19.3 Å². The molecule has 1 unspecified atom stereocenters. The molecule has 7 heteroatoms. The molecule has 1 saturated carbocycles. The van der Waals surface area contributed by atoms with Gasteiger partial charge in [-0.15, -0.1) is 6.42 Å². The normalized spacial score (nSPS) is 21.2. The Morgan fingerprint density at radius 1 is 1.09 bits per heavy atom. The highest BCUT2D eigenvalue weighted by molar-refractivity contribution is 6.07. The molecule has 2 fully saturated rings. The number of carbonyl (C=O) groups is 3. The summed E-state index contributed by atoms with van der Waals surface area (Å²) in [5, 5.41) is 0. The summed E-state index contributed by atoms with van der Waals surface area (Å²) in [5.41, 5.74) is 3.27. The SMILES string of the molecule is C#Cc1ccc(CN2CCC(COc3cccc4c3CN(C3CCC(=O)CC3=O)C4=O)CC2)cn1. The summed E-state index contributed by atoms with van der Waals surface area (Å²) in [4.78, 5) is 45.4. The van der Waals surface area contributed by atoms with Crippen molar-refractivity contribution < 1.29 is 19.1 Å². The number of rotatable bonds is 6. The van der Waals surface area contributed by atoms with E-state index in [1.165, 1.54) is 0 Å². The minimum absolute atomic E-state index is 0.0380. The van der Waals surface area contributed by atoms with Gasteiger partial charge in [0.05, 0.1) is 25.6 Å². The number of Topliss-reactive ketones (excluding diaryl/α,β-unsaturated/α-hetero) is 2. The number of hydrogen-bond donors (Lipinski definition) is 0. The predicted molar refractivity (Wildman–Crippen MR) is 130 cm³/mol. The minimum Gasteiger partial charge on any atom is -0.493 e. The molecule has 35 heavy (non-hydrogen) atoms. The van der Waals surface area contributed by atoms with Gasteiger partial charge in [-0.25, -0.2) is 4.98 Å². The van der Waals surface area contributed by atoms with E-state index in [4.69, 9.17) is 11.2 Å². The maximum atomic E-state index is 13.0. The largest absolute Gasteiger partial charge is 0.493 e. The lowest BCUT2D eigenvalue weighted by Crippen LogP contribution is -2.44. The molecule has 0 spiro atoms. The molecule has 2 aromatic rings. The number of ether oxygens (including phenoxy) is 1. The smallest absolute Gasteiger partial charge is 0.255 e. The van der Waals surface area contributed by atoms with Crippen LogP contribution in [0, 0.1) is 18.3 Å². The van der Waals surface area contributed by atoms with Gasteiger partial charge in [0.15, 0.2) is 5.78 Å². The number of terminal acetylenes is 1. The van der Waals surface area contributed by atoms with E-state index < -0.39 is 6.04 Å². The molecule has 0 radical (unpaired) electrons. The molecule has 0 N–H and O–H groups in total. The van der Waals surface area contributed by atoms with Crippen LogP contribution in [-0.2, 0) is 22.7 Å². The van der Waals surface area contributed by atoms with E-state index in [-0.39, 0.29) is 23.9 Å². The first kappa shape index (κ1) is 23.3. The van der Waals surface area contributed by atoms with Gasteiger partial charge in [0.2, 0.25) is 0 Å². The van der Waals surface area contributed by atoms with Gasteiger partial charge in [0.25, 0.3) is 5.91 Å². The standard InChI is InChI=1S/C28H29N3O4/c1-2-21-7-6-20(15-29-21)16-30-12-10-19(11-13-30)18-35-27-5-3-4-23-24(27)17-31(28(23)34)25-9-8-22(32)14-26(25)33/h1,3-7,15,19,25H,8-14,16-18H2. The highest BCUT2D eigenvalue weighted by Crippen LogP contribution is 2.35. The van der Waals surface area contributed by atoms with Gasteiger partial charge < -0.3 is 9.64 Å². The minimum atomic E-state index is -0.511. The molecule has 1 atom stereocenters. The third-order valence-electron chi connectivity index (χ3n) is 7.33. The maximum Gasteiger partial charge on any atom is 0.255 e. The number of piperidine rings is 1. The second-order valence-electron chi connectivity index (χ2n) is 9.68. The van der Waals surface area contributed by atoms with Crippen molar-refractivity contribution in [3.05, 3.63) is 58.9 Å². The van der Waals surface area contributed by atoms with Gasteiger partial charge in [0.1, 0.15) is 17.2 Å². The molecule has 1 aromatic heterocycles. The first-order chi connectivity index (χ1) is 17.0. The summed E-state index contributed by atoms with van der Waals surface area (Å²) < 4.78 is 6.23. The second-order valence-corrected chi connectivity index (χ2v) is 9.68. The number of amides is 1. The summed E-state index contributed by atoms with van der Waals surface area (Å²) in [5.74, 6) is 3.38. The second kappa shape index (κ2) is 10.0. The summed E-state index contributed by atoms with van der Waals surface area (Å²) in [6.45, 7) is 3.81. The molecular formula is C28H29N3O4. The van der Waals surface area contributed by atoms with Gasteiger partial charge in [-0.1, -0.05) is 18.1 Å². The van der Waals surface area contributed by atoms with Crippen LogP contribution in [0.3, 0.4) is 0 Å². The Balaban J connectivity index is 1.15. The molecule has 1 saturated heterocycles. The number of hydrogen-bond acceptors (Lipinski definition) is 6. The monoisotopic (exact) mass is 471 g/mol. The van der Waals surface area contributed by atoms with Crippen molar-refractivity contribution in [2.24, 2.45) is 5.92 Å². The van der Waals surface area contributed by atoms with Gasteiger partial charge in [-0.2, -0.15) is 0 Å². The Kier molecular flexibility index (Phi) is 6.65. The van der Waals surface area contributed by atoms with Crippen LogP contribution in [0.4, 0.5) is 0 Å². The summed E-state index contributed by atoms with van der Waals surface area (Å²) >= 11 is 0. The first-order valence-corrected chi connectivity index (χ1v) is 12.3. The summed E-state index contributed by atoms with van der Waals surface area (Å²) in [6.07, 6.45) is 10.0. The fourth-order valence-corrected chi connectivity index (χ4v) is 5.28. The van der Waals surface area contributed by atoms with Crippen molar-refractivity contribution in [1.29, 1.82) is 0 Å². The van der Waals surface area contributed by atoms with E-state index in [1.807, 2.05) is 30.5 Å². The Hall–Kier alpha value is -3.50. The van der Waals surface area contributed by atoms with E-state index in [0.29, 0.717) is 43.2 Å². The van der Waals surface area contributed by atoms with Crippen molar-refractivity contribution in [1.82, 2.24) is 14.8 Å². The Labute approximate surface area is 205 Å². The molecule has 1 amide bonds. The topological polar surface area (TPSA) is 79.8 Å². The fourth-order valence-electron chi connectivity index (χ4n) is 5.28. The van der Waals surface area contributed by atoms with Crippen LogP contribution in [-0.4, -0.2) is 58.0 Å². The summed E-state index contributed by atoms with van der Waals surface area (Å²) in [7, 11) is 0. The lowest BCUT2D eigenvalue weighted by molar-refractivity contribution is -0.133. The third kappa shape index (κ3) is 4.98. The van der Waals surface area contributed by atoms with Crippen LogP contribution in [0.5, 0.6) is 5.75 Å². The Morgan fingerprint density at radius 3 is 2.63 bits per heavy atom. The number of likely N-dealkylation sites (tertiary alicyclic amines) is 1. The summed E-state index contributed by atoms with van der Waals surface area (Å²) in [6, 6.07) is 8.95. The number of carbonyl (C=O) groups excluding carboxylic acids is 3. The molecule has 0 bridgehead atoms. The van der Waals surface area contributed by atoms with E-state index in [9.17, 15) is 14.4 Å². The van der Waals surface area contributed by atoms with Crippen molar-refractivity contribution >= 4 is 17.5 Å². The van der Waals surface area contributed by atoms with Gasteiger partial charge in [-0.05, 0) is 62.0 Å². The van der Waals surface area contributed by atoms with Gasteiger partial charge in [0, 0.05) is 30.3 Å². The highest BCUT2D eigenvalue weighted by Gasteiger charge is 2.40. The zero-order valence-corrected chi connectivity index (χ0v) is 19.7. The van der Waals surface area contributed by atoms with Crippen LogP contribution in [0.2, 0.25) is 0 Å². The van der Waals surface area contributed by atoms with E-state index in [2.05, 4.69) is 15.8 Å². The molecular weight excluding hydrogens is 442 g/mol. The van der Waals surface area contributed by atoms with E-state index >= 15 is 0 Å². The number of ketones is 2. The van der Waals surface area contributed by atoms with Crippen LogP contribution < -0.4 is 4.74 Å². The lowest BCUT2D eigenvalue weighted by Gasteiger charge is -2.32. The zero-order valence-electron chi connectivity index (χ0n) is 19.7. The predicted octanol–water partition coefficient (Wildman–Crippen LogP) is 3.00. The van der Waals surface area contributed by atoms with Crippen LogP contribution in [0.25, 0.3) is 0 Å². The highest BCUT2D eigenvalue weighted by atomic mass is 16.5. The van der Waals surface area contributed by atoms with Crippen molar-refractivity contribution in [2.45, 2.75) is 51.2 Å². The molecule has 3 heterocycles. The molecule has 5 rings (SSSR count). The molecule has 3 aliphatic rings. The molecule has 1 aliphatic carbocycles.